The highest BCUT2D eigenvalue weighted by molar-refractivity contribution is 5.85. The van der Waals surface area contributed by atoms with Crippen molar-refractivity contribution in [1.82, 2.24) is 10.2 Å². The van der Waals surface area contributed by atoms with Crippen molar-refractivity contribution in [2.75, 3.05) is 20.2 Å². The maximum atomic E-state index is 14.5. The van der Waals surface area contributed by atoms with Crippen LogP contribution in [0.5, 0.6) is 5.75 Å². The van der Waals surface area contributed by atoms with Crippen LogP contribution in [0.25, 0.3) is 0 Å². The minimum absolute atomic E-state index is 0.0406. The van der Waals surface area contributed by atoms with Gasteiger partial charge >= 0.3 is 0 Å². The predicted molar refractivity (Wildman–Crippen MR) is 109 cm³/mol. The molecule has 0 aromatic heterocycles. The molecule has 2 atom stereocenters. The molecule has 1 aliphatic heterocycles. The standard InChI is InChI=1S/C23H27FN2O3/c1-3-26-21(27)12-11-19(22(26)18-9-4-5-10-20(18)24)23(28)25-14-13-16-7-6-8-17(15-16)29-2/h4-10,15,19,22H,3,11-14H2,1-2H3,(H,25,28)/t19-,22+/m1/s1. The molecule has 0 aliphatic carbocycles. The Kier molecular flexibility index (Phi) is 6.86. The van der Waals surface area contributed by atoms with E-state index in [0.29, 0.717) is 37.9 Å². The number of rotatable bonds is 7. The number of ether oxygens (including phenoxy) is 1. The van der Waals surface area contributed by atoms with Gasteiger partial charge in [-0.1, -0.05) is 30.3 Å². The average Bonchev–Trinajstić information content (AvgIpc) is 2.74. The molecular weight excluding hydrogens is 371 g/mol. The van der Waals surface area contributed by atoms with Crippen molar-refractivity contribution < 1.29 is 18.7 Å². The summed E-state index contributed by atoms with van der Waals surface area (Å²) in [5.74, 6) is -0.277. The molecule has 1 heterocycles. The summed E-state index contributed by atoms with van der Waals surface area (Å²) >= 11 is 0. The Morgan fingerprint density at radius 3 is 2.76 bits per heavy atom. The summed E-state index contributed by atoms with van der Waals surface area (Å²) in [6, 6.07) is 13.5. The molecule has 5 nitrogen and oxygen atoms in total. The zero-order valence-corrected chi connectivity index (χ0v) is 16.9. The summed E-state index contributed by atoms with van der Waals surface area (Å²) in [6.45, 7) is 2.76. The first-order chi connectivity index (χ1) is 14.0. The number of methoxy groups -OCH3 is 1. The Morgan fingerprint density at radius 2 is 2.03 bits per heavy atom. The van der Waals surface area contributed by atoms with Gasteiger partial charge in [0, 0.05) is 25.1 Å². The molecule has 3 rings (SSSR count). The summed E-state index contributed by atoms with van der Waals surface area (Å²) in [6.07, 6.45) is 1.38. The van der Waals surface area contributed by atoms with E-state index in [0.717, 1.165) is 11.3 Å². The number of amides is 2. The van der Waals surface area contributed by atoms with Gasteiger partial charge in [-0.05, 0) is 43.5 Å². The van der Waals surface area contributed by atoms with Crippen LogP contribution >= 0.6 is 0 Å². The van der Waals surface area contributed by atoms with Gasteiger partial charge in [-0.25, -0.2) is 4.39 Å². The van der Waals surface area contributed by atoms with Gasteiger partial charge in [-0.3, -0.25) is 9.59 Å². The lowest BCUT2D eigenvalue weighted by Crippen LogP contribution is -2.48. The quantitative estimate of drug-likeness (QED) is 0.777. The van der Waals surface area contributed by atoms with Crippen LogP contribution in [0.1, 0.15) is 36.9 Å². The van der Waals surface area contributed by atoms with Crippen molar-refractivity contribution in [3.05, 3.63) is 65.5 Å². The Morgan fingerprint density at radius 1 is 1.24 bits per heavy atom. The average molecular weight is 398 g/mol. The lowest BCUT2D eigenvalue weighted by molar-refractivity contribution is -0.143. The number of benzene rings is 2. The number of piperidine rings is 1. The Hall–Kier alpha value is -2.89. The number of likely N-dealkylation sites (tertiary alicyclic amines) is 1. The zero-order chi connectivity index (χ0) is 20.8. The zero-order valence-electron chi connectivity index (χ0n) is 16.9. The first-order valence-corrected chi connectivity index (χ1v) is 9.99. The summed E-state index contributed by atoms with van der Waals surface area (Å²) in [4.78, 5) is 27.0. The van der Waals surface area contributed by atoms with E-state index in [9.17, 15) is 14.0 Å². The number of hydrogen-bond acceptors (Lipinski definition) is 3. The molecule has 0 bridgehead atoms. The topological polar surface area (TPSA) is 58.6 Å². The van der Waals surface area contributed by atoms with Crippen LogP contribution in [0.3, 0.4) is 0 Å². The van der Waals surface area contributed by atoms with Crippen LogP contribution in [0.2, 0.25) is 0 Å². The van der Waals surface area contributed by atoms with Crippen molar-refractivity contribution in [1.29, 1.82) is 0 Å². The van der Waals surface area contributed by atoms with E-state index in [1.807, 2.05) is 31.2 Å². The minimum atomic E-state index is -0.584. The number of halogens is 1. The Labute approximate surface area is 170 Å². The molecule has 1 fully saturated rings. The van der Waals surface area contributed by atoms with Crippen LogP contribution in [0.4, 0.5) is 4.39 Å². The first-order valence-electron chi connectivity index (χ1n) is 9.99. The van der Waals surface area contributed by atoms with Gasteiger partial charge in [-0.15, -0.1) is 0 Å². The normalized spacial score (nSPS) is 19.1. The summed E-state index contributed by atoms with van der Waals surface area (Å²) < 4.78 is 19.7. The molecule has 1 aliphatic rings. The summed E-state index contributed by atoms with van der Waals surface area (Å²) in [5.41, 5.74) is 1.46. The fraction of sp³-hybridized carbons (Fsp3) is 0.391. The molecule has 0 spiro atoms. The van der Waals surface area contributed by atoms with Crippen molar-refractivity contribution in [3.63, 3.8) is 0 Å². The SMILES string of the molecule is CCN1C(=O)CC[C@@H](C(=O)NCCc2cccc(OC)c2)[C@@H]1c1ccccc1F. The number of nitrogens with zero attached hydrogens (tertiary/aromatic N) is 1. The number of nitrogens with one attached hydrogen (secondary N) is 1. The summed E-state index contributed by atoms with van der Waals surface area (Å²) in [5, 5.41) is 2.98. The molecule has 154 valence electrons. The van der Waals surface area contributed by atoms with Crippen molar-refractivity contribution in [3.8, 4) is 5.75 Å². The van der Waals surface area contributed by atoms with Gasteiger partial charge < -0.3 is 15.0 Å². The van der Waals surface area contributed by atoms with E-state index in [4.69, 9.17) is 4.74 Å². The molecule has 0 saturated carbocycles. The van der Waals surface area contributed by atoms with Gasteiger partial charge in [0.2, 0.25) is 11.8 Å². The minimum Gasteiger partial charge on any atom is -0.497 e. The molecule has 2 amide bonds. The van der Waals surface area contributed by atoms with E-state index in [1.165, 1.54) is 6.07 Å². The highest BCUT2D eigenvalue weighted by Gasteiger charge is 2.40. The third-order valence-corrected chi connectivity index (χ3v) is 5.45. The second-order valence-corrected chi connectivity index (χ2v) is 7.18. The van der Waals surface area contributed by atoms with Gasteiger partial charge in [0.25, 0.3) is 0 Å². The maximum Gasteiger partial charge on any atom is 0.225 e. The predicted octanol–water partition coefficient (Wildman–Crippen LogP) is 3.49. The van der Waals surface area contributed by atoms with Gasteiger partial charge in [0.05, 0.1) is 19.1 Å². The number of hydrogen-bond donors (Lipinski definition) is 1. The molecule has 1 saturated heterocycles. The van der Waals surface area contributed by atoms with Crippen molar-refractivity contribution in [2.24, 2.45) is 5.92 Å². The molecule has 2 aromatic carbocycles. The number of carbonyl (C=O) groups is 2. The molecule has 1 N–H and O–H groups in total. The van der Waals surface area contributed by atoms with Gasteiger partial charge in [-0.2, -0.15) is 0 Å². The second-order valence-electron chi connectivity index (χ2n) is 7.18. The molecule has 6 heteroatoms. The van der Waals surface area contributed by atoms with E-state index >= 15 is 0 Å². The van der Waals surface area contributed by atoms with Crippen LogP contribution in [0.15, 0.2) is 48.5 Å². The fourth-order valence-corrected chi connectivity index (χ4v) is 3.99. The highest BCUT2D eigenvalue weighted by atomic mass is 19.1. The second kappa shape index (κ2) is 9.54. The van der Waals surface area contributed by atoms with Crippen LogP contribution < -0.4 is 10.1 Å². The van der Waals surface area contributed by atoms with E-state index in [1.54, 1.807) is 30.2 Å². The third kappa shape index (κ3) is 4.75. The number of carbonyl (C=O) groups excluding carboxylic acids is 2. The molecule has 0 unspecified atom stereocenters. The molecular formula is C23H27FN2O3. The fourth-order valence-electron chi connectivity index (χ4n) is 3.99. The highest BCUT2D eigenvalue weighted by Crippen LogP contribution is 2.37. The Balaban J connectivity index is 1.73. The first kappa shape index (κ1) is 20.8. The van der Waals surface area contributed by atoms with E-state index in [2.05, 4.69) is 5.32 Å². The van der Waals surface area contributed by atoms with Crippen LogP contribution in [0, 0.1) is 11.7 Å². The molecule has 2 aromatic rings. The Bertz CT molecular complexity index is 871. The maximum absolute atomic E-state index is 14.5. The largest absolute Gasteiger partial charge is 0.497 e. The van der Waals surface area contributed by atoms with Crippen LogP contribution in [-0.2, 0) is 16.0 Å². The smallest absolute Gasteiger partial charge is 0.225 e. The monoisotopic (exact) mass is 398 g/mol. The van der Waals surface area contributed by atoms with Gasteiger partial charge in [0.1, 0.15) is 11.6 Å². The molecule has 29 heavy (non-hydrogen) atoms. The third-order valence-electron chi connectivity index (χ3n) is 5.45. The van der Waals surface area contributed by atoms with E-state index < -0.39 is 12.0 Å². The molecule has 0 radical (unpaired) electrons. The summed E-state index contributed by atoms with van der Waals surface area (Å²) in [7, 11) is 1.62. The lowest BCUT2D eigenvalue weighted by atomic mass is 9.83. The van der Waals surface area contributed by atoms with Crippen molar-refractivity contribution in [2.45, 2.75) is 32.2 Å². The van der Waals surface area contributed by atoms with Crippen LogP contribution in [-0.4, -0.2) is 36.9 Å². The lowest BCUT2D eigenvalue weighted by Gasteiger charge is -2.40. The van der Waals surface area contributed by atoms with E-state index in [-0.39, 0.29) is 17.6 Å². The van der Waals surface area contributed by atoms with Gasteiger partial charge in [0.15, 0.2) is 0 Å². The van der Waals surface area contributed by atoms with Crippen molar-refractivity contribution >= 4 is 11.8 Å².